The van der Waals surface area contributed by atoms with Crippen molar-refractivity contribution in [3.63, 3.8) is 0 Å². The third-order valence-corrected chi connectivity index (χ3v) is 7.79. The Morgan fingerprint density at radius 1 is 0.929 bits per heavy atom. The molecule has 2 amide bonds. The van der Waals surface area contributed by atoms with Crippen molar-refractivity contribution < 1.29 is 27.8 Å². The largest absolute Gasteiger partial charge is 0.378 e. The van der Waals surface area contributed by atoms with Crippen molar-refractivity contribution >= 4 is 34.6 Å². The van der Waals surface area contributed by atoms with E-state index in [2.05, 4.69) is 20.6 Å². The Bertz CT molecular complexity index is 1420. The van der Waals surface area contributed by atoms with Gasteiger partial charge < -0.3 is 29.9 Å². The quantitative estimate of drug-likeness (QED) is 0.390. The van der Waals surface area contributed by atoms with E-state index in [4.69, 9.17) is 14.5 Å². The minimum absolute atomic E-state index is 0.0171. The van der Waals surface area contributed by atoms with Crippen LogP contribution in [0.1, 0.15) is 37.9 Å². The first kappa shape index (κ1) is 28.2. The summed E-state index contributed by atoms with van der Waals surface area (Å²) in [6.07, 6.45) is -1.13. The first-order valence-electron chi connectivity index (χ1n) is 14.3. The van der Waals surface area contributed by atoms with E-state index in [9.17, 15) is 18.4 Å². The molecule has 2 N–H and O–H groups in total. The standard InChI is InChI=1S/C28H34F2N8O4/c29-26(30)27-33-20-3-1-2-4-21(20)38(27)23-17-22(34-28(35-23)37-9-13-42-14-10-37)31-18-15-19(16-18)32-24(39)5-6-25(40)36-7-11-41-12-8-36/h1-4,17-19,26H,5-16H2,(H,32,39)(H,31,34,35)/t18-,19-. The van der Waals surface area contributed by atoms with Crippen molar-refractivity contribution in [3.8, 4) is 5.82 Å². The lowest BCUT2D eigenvalue weighted by molar-refractivity contribution is -0.137. The van der Waals surface area contributed by atoms with Crippen LogP contribution in [0.3, 0.4) is 0 Å². The molecule has 3 aliphatic rings. The van der Waals surface area contributed by atoms with Gasteiger partial charge in [-0.2, -0.15) is 9.97 Å². The minimum atomic E-state index is -2.80. The average Bonchev–Trinajstić information content (AvgIpc) is 3.40. The summed E-state index contributed by atoms with van der Waals surface area (Å²) in [7, 11) is 0. The molecule has 1 aromatic carbocycles. The zero-order valence-electron chi connectivity index (χ0n) is 23.2. The lowest BCUT2D eigenvalue weighted by Gasteiger charge is -2.37. The van der Waals surface area contributed by atoms with Gasteiger partial charge in [-0.25, -0.2) is 13.8 Å². The van der Waals surface area contributed by atoms with Gasteiger partial charge in [-0.05, 0) is 25.0 Å². The minimum Gasteiger partial charge on any atom is -0.378 e. The second kappa shape index (κ2) is 12.5. The van der Waals surface area contributed by atoms with Gasteiger partial charge in [-0.3, -0.25) is 14.2 Å². The molecule has 2 saturated heterocycles. The van der Waals surface area contributed by atoms with E-state index in [-0.39, 0.29) is 42.6 Å². The summed E-state index contributed by atoms with van der Waals surface area (Å²) in [5.74, 6) is 0.665. The van der Waals surface area contributed by atoms with Crippen LogP contribution in [0.2, 0.25) is 0 Å². The van der Waals surface area contributed by atoms with Crippen molar-refractivity contribution in [2.24, 2.45) is 0 Å². The van der Waals surface area contributed by atoms with Crippen LogP contribution in [0, 0.1) is 0 Å². The molecular weight excluding hydrogens is 550 g/mol. The van der Waals surface area contributed by atoms with Gasteiger partial charge in [0.15, 0.2) is 5.82 Å². The fourth-order valence-corrected chi connectivity index (χ4v) is 5.50. The Morgan fingerprint density at radius 2 is 1.64 bits per heavy atom. The number of hydrogen-bond acceptors (Lipinski definition) is 9. The third-order valence-electron chi connectivity index (χ3n) is 7.79. The van der Waals surface area contributed by atoms with E-state index >= 15 is 0 Å². The Labute approximate surface area is 241 Å². The highest BCUT2D eigenvalue weighted by Gasteiger charge is 2.31. The molecule has 2 aromatic heterocycles. The molecule has 1 saturated carbocycles. The molecular formula is C28H34F2N8O4. The zero-order chi connectivity index (χ0) is 29.1. The zero-order valence-corrected chi connectivity index (χ0v) is 23.2. The number of anilines is 2. The third kappa shape index (κ3) is 6.28. The molecule has 2 aliphatic heterocycles. The number of fused-ring (bicyclic) bond motifs is 1. The molecule has 6 rings (SSSR count). The molecule has 12 nitrogen and oxygen atoms in total. The molecule has 0 radical (unpaired) electrons. The van der Waals surface area contributed by atoms with E-state index in [1.165, 1.54) is 4.57 Å². The highest BCUT2D eigenvalue weighted by Crippen LogP contribution is 2.30. The maximum absolute atomic E-state index is 14.1. The highest BCUT2D eigenvalue weighted by molar-refractivity contribution is 5.84. The average molecular weight is 585 g/mol. The molecule has 3 aromatic rings. The second-order valence-electron chi connectivity index (χ2n) is 10.7. The van der Waals surface area contributed by atoms with Crippen molar-refractivity contribution in [1.29, 1.82) is 0 Å². The number of imidazole rings is 1. The van der Waals surface area contributed by atoms with E-state index < -0.39 is 6.43 Å². The number of aromatic nitrogens is 4. The lowest BCUT2D eigenvalue weighted by atomic mass is 9.86. The van der Waals surface area contributed by atoms with Crippen LogP contribution in [-0.2, 0) is 19.1 Å². The van der Waals surface area contributed by atoms with Crippen LogP contribution >= 0.6 is 0 Å². The first-order valence-corrected chi connectivity index (χ1v) is 14.3. The number of carbonyl (C=O) groups excluding carboxylic acids is 2. The van der Waals surface area contributed by atoms with Crippen LogP contribution in [0.15, 0.2) is 30.3 Å². The lowest BCUT2D eigenvalue weighted by Crippen LogP contribution is -2.50. The van der Waals surface area contributed by atoms with Crippen LogP contribution in [0.25, 0.3) is 16.9 Å². The molecule has 0 spiro atoms. The van der Waals surface area contributed by atoms with Crippen LogP contribution < -0.4 is 15.5 Å². The maximum Gasteiger partial charge on any atom is 0.296 e. The topological polar surface area (TPSA) is 127 Å². The van der Waals surface area contributed by atoms with Crippen molar-refractivity contribution in [2.45, 2.75) is 44.2 Å². The van der Waals surface area contributed by atoms with Crippen LogP contribution in [0.5, 0.6) is 0 Å². The predicted molar refractivity (Wildman–Crippen MR) is 150 cm³/mol. The summed E-state index contributed by atoms with van der Waals surface area (Å²) in [5.41, 5.74) is 0.988. The smallest absolute Gasteiger partial charge is 0.296 e. The van der Waals surface area contributed by atoms with Gasteiger partial charge in [0.1, 0.15) is 11.6 Å². The van der Waals surface area contributed by atoms with E-state index in [0.29, 0.717) is 94.1 Å². The second-order valence-corrected chi connectivity index (χ2v) is 10.7. The van der Waals surface area contributed by atoms with Gasteiger partial charge in [0.2, 0.25) is 17.8 Å². The van der Waals surface area contributed by atoms with Gasteiger partial charge in [0.05, 0.1) is 37.5 Å². The Balaban J connectivity index is 1.13. The molecule has 224 valence electrons. The molecule has 42 heavy (non-hydrogen) atoms. The van der Waals surface area contributed by atoms with E-state index in [0.717, 1.165) is 0 Å². The number of benzene rings is 1. The number of ether oxygens (including phenoxy) is 2. The number of rotatable bonds is 9. The van der Waals surface area contributed by atoms with Gasteiger partial charge in [0, 0.05) is 57.2 Å². The number of nitrogens with zero attached hydrogens (tertiary/aromatic N) is 6. The summed E-state index contributed by atoms with van der Waals surface area (Å²) < 4.78 is 40.3. The Morgan fingerprint density at radius 3 is 2.38 bits per heavy atom. The number of para-hydroxylation sites is 2. The highest BCUT2D eigenvalue weighted by atomic mass is 19.3. The van der Waals surface area contributed by atoms with Gasteiger partial charge >= 0.3 is 0 Å². The van der Waals surface area contributed by atoms with Crippen LogP contribution in [-0.4, -0.2) is 101 Å². The Hall–Kier alpha value is -3.91. The van der Waals surface area contributed by atoms with Gasteiger partial charge in [-0.15, -0.1) is 0 Å². The predicted octanol–water partition coefficient (Wildman–Crippen LogP) is 2.29. The summed E-state index contributed by atoms with van der Waals surface area (Å²) in [5, 5.41) is 6.40. The summed E-state index contributed by atoms with van der Waals surface area (Å²) in [6, 6.07) is 8.65. The van der Waals surface area contributed by atoms with E-state index in [1.54, 1.807) is 35.2 Å². The molecule has 1 aliphatic carbocycles. The number of amides is 2. The number of morpholine rings is 2. The number of alkyl halides is 2. The fourth-order valence-electron chi connectivity index (χ4n) is 5.50. The number of carbonyl (C=O) groups is 2. The maximum atomic E-state index is 14.1. The fraction of sp³-hybridized carbons (Fsp3) is 0.536. The summed E-state index contributed by atoms with van der Waals surface area (Å²) in [4.78, 5) is 42.0. The Kier molecular flexibility index (Phi) is 8.42. The molecule has 4 heterocycles. The number of halogens is 2. The molecule has 0 atom stereocenters. The first-order chi connectivity index (χ1) is 20.4. The van der Waals surface area contributed by atoms with Crippen molar-refractivity contribution in [2.75, 3.05) is 62.8 Å². The number of nitrogens with one attached hydrogen (secondary N) is 2. The summed E-state index contributed by atoms with van der Waals surface area (Å²) in [6.45, 7) is 4.40. The van der Waals surface area contributed by atoms with Crippen molar-refractivity contribution in [3.05, 3.63) is 36.2 Å². The molecule has 14 heteroatoms. The number of hydrogen-bond donors (Lipinski definition) is 2. The van der Waals surface area contributed by atoms with Gasteiger partial charge in [0.25, 0.3) is 6.43 Å². The molecule has 3 fully saturated rings. The van der Waals surface area contributed by atoms with Crippen molar-refractivity contribution in [1.82, 2.24) is 29.7 Å². The monoisotopic (exact) mass is 584 g/mol. The normalized spacial score (nSPS) is 20.9. The molecule has 0 unspecified atom stereocenters. The van der Waals surface area contributed by atoms with Crippen LogP contribution in [0.4, 0.5) is 20.5 Å². The SMILES string of the molecule is O=C(CCC(=O)N1CCOCC1)N[C@H]1C[C@H](Nc2cc(-n3c(C(F)F)nc4ccccc43)nc(N3CCOCC3)n2)C1. The molecule has 0 bridgehead atoms. The summed E-state index contributed by atoms with van der Waals surface area (Å²) >= 11 is 0. The van der Waals surface area contributed by atoms with Gasteiger partial charge in [-0.1, -0.05) is 12.1 Å². The van der Waals surface area contributed by atoms with E-state index in [1.807, 2.05) is 4.90 Å².